The number of nitrogens with two attached hydrogens (primary N) is 1. The first kappa shape index (κ1) is 11.8. The minimum atomic E-state index is 0.00824. The number of phenolic OH excluding ortho intramolecular Hbond substituents is 3. The fourth-order valence-electron chi connectivity index (χ4n) is 1.44. The summed E-state index contributed by atoms with van der Waals surface area (Å²) in [5.41, 5.74) is 6.84. The Hall–Kier alpha value is -2.69. The molecule has 2 rings (SSSR count). The lowest BCUT2D eigenvalue weighted by atomic mass is 10.2. The number of aromatic hydroxyl groups is 3. The molecular formula is C13H12N2O3. The van der Waals surface area contributed by atoms with Crippen LogP contribution in [-0.2, 0) is 0 Å². The van der Waals surface area contributed by atoms with Crippen molar-refractivity contribution in [1.82, 2.24) is 0 Å². The van der Waals surface area contributed by atoms with Crippen molar-refractivity contribution in [2.75, 3.05) is 5.73 Å². The first-order valence-corrected chi connectivity index (χ1v) is 5.21. The Balaban J connectivity index is 2.32. The summed E-state index contributed by atoms with van der Waals surface area (Å²) in [7, 11) is 0. The molecule has 92 valence electrons. The zero-order valence-electron chi connectivity index (χ0n) is 9.41. The topological polar surface area (TPSA) is 99.1 Å². The third kappa shape index (κ3) is 2.52. The van der Waals surface area contributed by atoms with Gasteiger partial charge in [-0.1, -0.05) is 0 Å². The number of anilines is 1. The van der Waals surface area contributed by atoms with Gasteiger partial charge < -0.3 is 21.1 Å². The summed E-state index contributed by atoms with van der Waals surface area (Å²) < 4.78 is 0. The lowest BCUT2D eigenvalue weighted by Gasteiger charge is -2.02. The van der Waals surface area contributed by atoms with Crippen LogP contribution in [0.15, 0.2) is 41.4 Å². The fourth-order valence-corrected chi connectivity index (χ4v) is 1.44. The van der Waals surface area contributed by atoms with Crippen molar-refractivity contribution in [3.05, 3.63) is 42.0 Å². The molecule has 0 radical (unpaired) electrons. The molecule has 0 aliphatic rings. The summed E-state index contributed by atoms with van der Waals surface area (Å²) in [6, 6.07) is 8.54. The van der Waals surface area contributed by atoms with Gasteiger partial charge in [0.05, 0.1) is 11.4 Å². The maximum Gasteiger partial charge on any atom is 0.124 e. The van der Waals surface area contributed by atoms with Crippen molar-refractivity contribution in [3.63, 3.8) is 0 Å². The Bertz CT molecular complexity index is 609. The van der Waals surface area contributed by atoms with Crippen LogP contribution in [0.1, 0.15) is 5.56 Å². The van der Waals surface area contributed by atoms with Crippen LogP contribution >= 0.6 is 0 Å². The number of nitrogen functional groups attached to an aromatic ring is 1. The molecule has 18 heavy (non-hydrogen) atoms. The number of hydrogen-bond donors (Lipinski definition) is 4. The molecule has 0 unspecified atom stereocenters. The van der Waals surface area contributed by atoms with Crippen LogP contribution in [0.4, 0.5) is 11.4 Å². The van der Waals surface area contributed by atoms with E-state index >= 15 is 0 Å². The van der Waals surface area contributed by atoms with E-state index in [4.69, 9.17) is 5.73 Å². The van der Waals surface area contributed by atoms with Gasteiger partial charge >= 0.3 is 0 Å². The molecule has 0 heterocycles. The van der Waals surface area contributed by atoms with E-state index < -0.39 is 0 Å². The zero-order chi connectivity index (χ0) is 13.1. The highest BCUT2D eigenvalue weighted by Crippen LogP contribution is 2.27. The molecule has 5 N–H and O–H groups in total. The molecule has 5 heteroatoms. The molecule has 0 spiro atoms. The van der Waals surface area contributed by atoms with Crippen molar-refractivity contribution in [2.45, 2.75) is 0 Å². The Labute approximate surface area is 103 Å². The van der Waals surface area contributed by atoms with Crippen LogP contribution in [-0.4, -0.2) is 21.5 Å². The van der Waals surface area contributed by atoms with E-state index in [0.717, 1.165) is 0 Å². The summed E-state index contributed by atoms with van der Waals surface area (Å²) in [6.45, 7) is 0. The van der Waals surface area contributed by atoms with Crippen molar-refractivity contribution < 1.29 is 15.3 Å². The number of nitrogens with zero attached hydrogens (tertiary/aromatic N) is 1. The van der Waals surface area contributed by atoms with Crippen molar-refractivity contribution in [1.29, 1.82) is 0 Å². The molecule has 0 aliphatic carbocycles. The second kappa shape index (κ2) is 4.67. The molecule has 0 saturated carbocycles. The second-order valence-corrected chi connectivity index (χ2v) is 3.74. The largest absolute Gasteiger partial charge is 0.508 e. The van der Waals surface area contributed by atoms with E-state index in [1.165, 1.54) is 36.5 Å². The predicted octanol–water partition coefficient (Wildman–Crippen LogP) is 2.14. The highest BCUT2D eigenvalue weighted by molar-refractivity contribution is 5.87. The average molecular weight is 244 g/mol. The zero-order valence-corrected chi connectivity index (χ0v) is 9.41. The summed E-state index contributed by atoms with van der Waals surface area (Å²) in [5.74, 6) is 0.105. The van der Waals surface area contributed by atoms with Crippen LogP contribution in [0.5, 0.6) is 17.2 Å². The third-order valence-corrected chi connectivity index (χ3v) is 2.36. The van der Waals surface area contributed by atoms with E-state index in [0.29, 0.717) is 16.9 Å². The normalized spacial score (nSPS) is 10.9. The standard InChI is InChI=1S/C13H12N2O3/c14-11-6-10(17)1-3-12(11)15-7-8-5-9(16)2-4-13(8)18/h1-7,16-18H,14H2. The smallest absolute Gasteiger partial charge is 0.124 e. The molecule has 2 aromatic rings. The van der Waals surface area contributed by atoms with Gasteiger partial charge in [-0.3, -0.25) is 4.99 Å². The van der Waals surface area contributed by atoms with Gasteiger partial charge in [0.15, 0.2) is 0 Å². The molecule has 0 fully saturated rings. The van der Waals surface area contributed by atoms with Crippen molar-refractivity contribution >= 4 is 17.6 Å². The fraction of sp³-hybridized carbons (Fsp3) is 0. The number of phenols is 3. The number of hydrogen-bond acceptors (Lipinski definition) is 5. The minimum absolute atomic E-state index is 0.00824. The van der Waals surface area contributed by atoms with Gasteiger partial charge in [0, 0.05) is 17.8 Å². The van der Waals surface area contributed by atoms with Gasteiger partial charge in [0.2, 0.25) is 0 Å². The first-order chi connectivity index (χ1) is 8.56. The average Bonchev–Trinajstić information content (AvgIpc) is 2.32. The van der Waals surface area contributed by atoms with E-state index in [-0.39, 0.29) is 17.2 Å². The summed E-state index contributed by atoms with van der Waals surface area (Å²) >= 11 is 0. The van der Waals surface area contributed by atoms with Gasteiger partial charge in [-0.05, 0) is 30.3 Å². The van der Waals surface area contributed by atoms with Crippen molar-refractivity contribution in [3.8, 4) is 17.2 Å². The molecule has 0 bridgehead atoms. The van der Waals surface area contributed by atoms with Crippen LogP contribution in [0.25, 0.3) is 0 Å². The summed E-state index contributed by atoms with van der Waals surface area (Å²) in [4.78, 5) is 4.09. The highest BCUT2D eigenvalue weighted by Gasteiger charge is 2.01. The monoisotopic (exact) mass is 244 g/mol. The van der Waals surface area contributed by atoms with Crippen LogP contribution in [0.2, 0.25) is 0 Å². The Morgan fingerprint density at radius 1 is 0.944 bits per heavy atom. The van der Waals surface area contributed by atoms with E-state index in [1.54, 1.807) is 6.07 Å². The Morgan fingerprint density at radius 3 is 2.33 bits per heavy atom. The Morgan fingerprint density at radius 2 is 1.61 bits per heavy atom. The Kier molecular flexibility index (Phi) is 3.05. The van der Waals surface area contributed by atoms with Gasteiger partial charge in [-0.25, -0.2) is 0 Å². The molecule has 5 nitrogen and oxygen atoms in total. The quantitative estimate of drug-likeness (QED) is 0.369. The molecule has 2 aromatic carbocycles. The van der Waals surface area contributed by atoms with Gasteiger partial charge in [0.25, 0.3) is 0 Å². The van der Waals surface area contributed by atoms with Crippen LogP contribution in [0.3, 0.4) is 0 Å². The molecule has 0 atom stereocenters. The van der Waals surface area contributed by atoms with E-state index in [2.05, 4.69) is 4.99 Å². The van der Waals surface area contributed by atoms with E-state index in [1.807, 2.05) is 0 Å². The first-order valence-electron chi connectivity index (χ1n) is 5.21. The van der Waals surface area contributed by atoms with Gasteiger partial charge in [0.1, 0.15) is 17.2 Å². The highest BCUT2D eigenvalue weighted by atomic mass is 16.3. The van der Waals surface area contributed by atoms with Crippen molar-refractivity contribution in [2.24, 2.45) is 4.99 Å². The number of benzene rings is 2. The van der Waals surface area contributed by atoms with E-state index in [9.17, 15) is 15.3 Å². The summed E-state index contributed by atoms with van der Waals surface area (Å²) in [6.07, 6.45) is 1.39. The van der Waals surface area contributed by atoms with Crippen LogP contribution < -0.4 is 5.73 Å². The predicted molar refractivity (Wildman–Crippen MR) is 69.5 cm³/mol. The minimum Gasteiger partial charge on any atom is -0.508 e. The molecule has 0 amide bonds. The van der Waals surface area contributed by atoms with Crippen LogP contribution in [0, 0.1) is 0 Å². The SMILES string of the molecule is Nc1cc(O)ccc1N=Cc1cc(O)ccc1O. The molecule has 0 aromatic heterocycles. The maximum atomic E-state index is 9.55. The third-order valence-electron chi connectivity index (χ3n) is 2.36. The molecule has 0 saturated heterocycles. The number of rotatable bonds is 2. The lowest BCUT2D eigenvalue weighted by Crippen LogP contribution is -1.86. The van der Waals surface area contributed by atoms with Gasteiger partial charge in [-0.2, -0.15) is 0 Å². The number of aliphatic imine (C=N–C) groups is 1. The van der Waals surface area contributed by atoms with Gasteiger partial charge in [-0.15, -0.1) is 0 Å². The lowest BCUT2D eigenvalue weighted by molar-refractivity contribution is 0.459. The maximum absolute atomic E-state index is 9.55. The molecule has 0 aliphatic heterocycles. The summed E-state index contributed by atoms with van der Waals surface area (Å²) in [5, 5.41) is 28.0. The molecular weight excluding hydrogens is 232 g/mol. The second-order valence-electron chi connectivity index (χ2n) is 3.74.